The molecule has 0 saturated carbocycles. The fraction of sp³-hybridized carbons (Fsp3) is 0.462. The molecule has 0 saturated heterocycles. The van der Waals surface area contributed by atoms with Crippen LogP contribution in [-0.4, -0.2) is 40.1 Å². The fourth-order valence-electron chi connectivity index (χ4n) is 1.61. The van der Waals surface area contributed by atoms with Crippen LogP contribution in [0.4, 0.5) is 0 Å². The van der Waals surface area contributed by atoms with Gasteiger partial charge in [-0.1, -0.05) is 18.2 Å². The minimum atomic E-state index is -3.69. The highest BCUT2D eigenvalue weighted by Crippen LogP contribution is 2.07. The lowest BCUT2D eigenvalue weighted by Crippen LogP contribution is -2.48. The first kappa shape index (κ1) is 16.6. The van der Waals surface area contributed by atoms with E-state index in [9.17, 15) is 13.2 Å². The number of carbonyl (C=O) groups excluding carboxylic acids is 1. The number of benzene rings is 1. The van der Waals surface area contributed by atoms with Crippen LogP contribution in [-0.2, 0) is 19.6 Å². The van der Waals surface area contributed by atoms with E-state index in [4.69, 9.17) is 4.74 Å². The smallest absolute Gasteiger partial charge is 0.241 e. The van der Waals surface area contributed by atoms with Crippen LogP contribution in [0.1, 0.15) is 13.8 Å². The minimum Gasteiger partial charge on any atom is -0.383 e. The van der Waals surface area contributed by atoms with Crippen molar-refractivity contribution in [3.05, 3.63) is 30.3 Å². The summed E-state index contributed by atoms with van der Waals surface area (Å²) in [5.74, 6) is -0.394. The van der Waals surface area contributed by atoms with E-state index in [-0.39, 0.29) is 10.9 Å². The van der Waals surface area contributed by atoms with Crippen molar-refractivity contribution in [3.63, 3.8) is 0 Å². The third kappa shape index (κ3) is 4.92. The molecule has 0 spiro atoms. The maximum Gasteiger partial charge on any atom is 0.241 e. The number of sulfonamides is 1. The zero-order valence-corrected chi connectivity index (χ0v) is 12.6. The number of amides is 1. The Hall–Kier alpha value is -1.44. The first-order valence-electron chi connectivity index (χ1n) is 6.23. The van der Waals surface area contributed by atoms with E-state index in [1.54, 1.807) is 25.1 Å². The molecule has 0 heterocycles. The Balaban J connectivity index is 2.66. The molecule has 0 aliphatic rings. The van der Waals surface area contributed by atoms with Gasteiger partial charge in [0.15, 0.2) is 0 Å². The van der Waals surface area contributed by atoms with E-state index in [0.29, 0.717) is 6.61 Å². The van der Waals surface area contributed by atoms with Crippen LogP contribution in [0.5, 0.6) is 0 Å². The van der Waals surface area contributed by atoms with Crippen LogP contribution in [0.2, 0.25) is 0 Å². The van der Waals surface area contributed by atoms with Crippen LogP contribution in [0.3, 0.4) is 0 Å². The lowest BCUT2D eigenvalue weighted by Gasteiger charge is -2.18. The Morgan fingerprint density at radius 2 is 1.85 bits per heavy atom. The predicted molar refractivity (Wildman–Crippen MR) is 75.7 cm³/mol. The van der Waals surface area contributed by atoms with Gasteiger partial charge in [-0.3, -0.25) is 4.79 Å². The lowest BCUT2D eigenvalue weighted by atomic mass is 10.3. The molecule has 0 aliphatic carbocycles. The van der Waals surface area contributed by atoms with Gasteiger partial charge in [-0.2, -0.15) is 4.72 Å². The third-order valence-corrected chi connectivity index (χ3v) is 4.14. The van der Waals surface area contributed by atoms with E-state index in [2.05, 4.69) is 10.0 Å². The van der Waals surface area contributed by atoms with Gasteiger partial charge in [0, 0.05) is 13.2 Å². The van der Waals surface area contributed by atoms with Gasteiger partial charge in [0.2, 0.25) is 15.9 Å². The van der Waals surface area contributed by atoms with Gasteiger partial charge >= 0.3 is 0 Å². The summed E-state index contributed by atoms with van der Waals surface area (Å²) in [4.78, 5) is 12.0. The second-order valence-corrected chi connectivity index (χ2v) is 6.23. The van der Waals surface area contributed by atoms with Crippen LogP contribution < -0.4 is 10.0 Å². The average molecular weight is 300 g/mol. The van der Waals surface area contributed by atoms with Crippen molar-refractivity contribution in [1.29, 1.82) is 0 Å². The van der Waals surface area contributed by atoms with Gasteiger partial charge in [0.25, 0.3) is 0 Å². The van der Waals surface area contributed by atoms with Gasteiger partial charge in [-0.25, -0.2) is 8.42 Å². The third-order valence-electron chi connectivity index (χ3n) is 2.58. The zero-order valence-electron chi connectivity index (χ0n) is 11.8. The van der Waals surface area contributed by atoms with Gasteiger partial charge in [-0.05, 0) is 26.0 Å². The van der Waals surface area contributed by atoms with E-state index in [1.165, 1.54) is 26.2 Å². The summed E-state index contributed by atoms with van der Waals surface area (Å²) in [7, 11) is -2.16. The molecular formula is C13H20N2O4S. The largest absolute Gasteiger partial charge is 0.383 e. The highest BCUT2D eigenvalue weighted by atomic mass is 32.2. The normalized spacial score (nSPS) is 14.6. The summed E-state index contributed by atoms with van der Waals surface area (Å²) in [5.41, 5.74) is 0. The van der Waals surface area contributed by atoms with E-state index >= 15 is 0 Å². The van der Waals surface area contributed by atoms with E-state index < -0.39 is 22.0 Å². The lowest BCUT2D eigenvalue weighted by molar-refractivity contribution is -0.123. The summed E-state index contributed by atoms with van der Waals surface area (Å²) in [5, 5.41) is 2.66. The molecule has 7 heteroatoms. The van der Waals surface area contributed by atoms with Crippen molar-refractivity contribution in [1.82, 2.24) is 10.0 Å². The molecule has 2 N–H and O–H groups in total. The van der Waals surface area contributed by atoms with Crippen molar-refractivity contribution in [2.24, 2.45) is 0 Å². The van der Waals surface area contributed by atoms with Crippen LogP contribution in [0, 0.1) is 0 Å². The van der Waals surface area contributed by atoms with Gasteiger partial charge in [0.1, 0.15) is 0 Å². The second-order valence-electron chi connectivity index (χ2n) is 4.52. The summed E-state index contributed by atoms with van der Waals surface area (Å²) >= 11 is 0. The molecule has 2 atom stereocenters. The molecule has 0 aromatic heterocycles. The molecule has 1 amide bonds. The molecule has 20 heavy (non-hydrogen) atoms. The molecule has 1 aromatic rings. The molecule has 6 nitrogen and oxygen atoms in total. The van der Waals surface area contributed by atoms with Gasteiger partial charge in [-0.15, -0.1) is 0 Å². The monoisotopic (exact) mass is 300 g/mol. The molecule has 0 bridgehead atoms. The number of hydrogen-bond donors (Lipinski definition) is 2. The summed E-state index contributed by atoms with van der Waals surface area (Å²) in [6.07, 6.45) is 0. The maximum absolute atomic E-state index is 12.0. The first-order valence-corrected chi connectivity index (χ1v) is 7.72. The molecule has 1 rings (SSSR count). The van der Waals surface area contributed by atoms with E-state index in [1.807, 2.05) is 0 Å². The second kappa shape index (κ2) is 7.37. The molecule has 1 aromatic carbocycles. The molecule has 112 valence electrons. The maximum atomic E-state index is 12.0. The van der Waals surface area contributed by atoms with Crippen LogP contribution >= 0.6 is 0 Å². The minimum absolute atomic E-state index is 0.129. The average Bonchev–Trinajstić information content (AvgIpc) is 2.39. The summed E-state index contributed by atoms with van der Waals surface area (Å²) in [6, 6.07) is 6.87. The van der Waals surface area contributed by atoms with Crippen molar-refractivity contribution in [2.75, 3.05) is 13.7 Å². The summed E-state index contributed by atoms with van der Waals surface area (Å²) < 4.78 is 31.3. The SMILES string of the molecule is COC[C@@H](C)NC(=O)[C@@H](C)NS(=O)(=O)c1ccccc1. The number of methoxy groups -OCH3 is 1. The highest BCUT2D eigenvalue weighted by Gasteiger charge is 2.22. The number of ether oxygens (including phenoxy) is 1. The van der Waals surface area contributed by atoms with Crippen molar-refractivity contribution in [2.45, 2.75) is 30.8 Å². The Labute approximate surface area is 119 Å². The van der Waals surface area contributed by atoms with Gasteiger partial charge in [0.05, 0.1) is 17.5 Å². The van der Waals surface area contributed by atoms with Gasteiger partial charge < -0.3 is 10.1 Å². The Bertz CT molecular complexity index is 531. The molecule has 0 unspecified atom stereocenters. The number of rotatable bonds is 7. The standard InChI is InChI=1S/C13H20N2O4S/c1-10(9-19-3)14-13(16)11(2)15-20(17,18)12-7-5-4-6-8-12/h4-8,10-11,15H,9H2,1-3H3,(H,14,16)/t10-,11-/m1/s1. The number of hydrogen-bond acceptors (Lipinski definition) is 4. The highest BCUT2D eigenvalue weighted by molar-refractivity contribution is 7.89. The van der Waals surface area contributed by atoms with Crippen molar-refractivity contribution in [3.8, 4) is 0 Å². The number of nitrogens with one attached hydrogen (secondary N) is 2. The Kier molecular flexibility index (Phi) is 6.12. The van der Waals surface area contributed by atoms with Crippen LogP contribution in [0.25, 0.3) is 0 Å². The predicted octanol–water partition coefficient (Wildman–Crippen LogP) is 0.504. The van der Waals surface area contributed by atoms with Crippen molar-refractivity contribution < 1.29 is 17.9 Å². The zero-order chi connectivity index (χ0) is 15.2. The quantitative estimate of drug-likeness (QED) is 0.768. The molecular weight excluding hydrogens is 280 g/mol. The molecule has 0 fully saturated rings. The molecule has 0 aliphatic heterocycles. The molecule has 0 radical (unpaired) electrons. The first-order chi connectivity index (χ1) is 9.36. The van der Waals surface area contributed by atoms with Crippen molar-refractivity contribution >= 4 is 15.9 Å². The summed E-state index contributed by atoms with van der Waals surface area (Å²) in [6.45, 7) is 3.64. The van der Waals surface area contributed by atoms with E-state index in [0.717, 1.165) is 0 Å². The number of carbonyl (C=O) groups is 1. The van der Waals surface area contributed by atoms with Crippen LogP contribution in [0.15, 0.2) is 35.2 Å². The fourth-order valence-corrected chi connectivity index (χ4v) is 2.84. The Morgan fingerprint density at radius 1 is 1.25 bits per heavy atom. The Morgan fingerprint density at radius 3 is 2.40 bits per heavy atom. The topological polar surface area (TPSA) is 84.5 Å².